The van der Waals surface area contributed by atoms with Gasteiger partial charge in [-0.05, 0) is 6.42 Å². The lowest BCUT2D eigenvalue weighted by atomic mass is 10.1. The molecule has 1 N–H and O–H groups in total. The maximum absolute atomic E-state index is 12.3. The molecule has 0 radical (unpaired) electrons. The number of phosphoric acid groups is 1. The summed E-state index contributed by atoms with van der Waals surface area (Å²) in [7, 11) is -3.77. The van der Waals surface area contributed by atoms with Gasteiger partial charge in [0.15, 0.2) is 6.10 Å². The molecule has 0 saturated heterocycles. The fourth-order valence-corrected chi connectivity index (χ4v) is 1.50. The second kappa shape index (κ2) is 5.84. The van der Waals surface area contributed by atoms with Crippen molar-refractivity contribution in [3.8, 4) is 0 Å². The van der Waals surface area contributed by atoms with Crippen LogP contribution in [0.5, 0.6) is 0 Å². The van der Waals surface area contributed by atoms with Gasteiger partial charge in [0.05, 0.1) is 0 Å². The monoisotopic (exact) mass is 250 g/mol. The summed E-state index contributed by atoms with van der Waals surface area (Å²) in [5.41, 5.74) is 0. The first-order chi connectivity index (χ1) is 6.73. The lowest BCUT2D eigenvalue weighted by molar-refractivity contribution is -0.201. The standard InChI is InChI=1S/C7H14F3O4P/c1-3-4-5-6(7(8,9)10)14-15(11,12)13-2/h6H,3-5H2,1-2H3,(H,11,12). The van der Waals surface area contributed by atoms with Gasteiger partial charge in [-0.15, -0.1) is 0 Å². The molecule has 0 aromatic carbocycles. The van der Waals surface area contributed by atoms with E-state index < -0.39 is 20.1 Å². The van der Waals surface area contributed by atoms with Crippen molar-refractivity contribution < 1.29 is 31.7 Å². The predicted octanol–water partition coefficient (Wildman–Crippen LogP) is 2.87. The first-order valence-electron chi connectivity index (χ1n) is 4.36. The van der Waals surface area contributed by atoms with Gasteiger partial charge in [-0.1, -0.05) is 19.8 Å². The third-order valence-electron chi connectivity index (χ3n) is 1.68. The van der Waals surface area contributed by atoms with Crippen LogP contribution < -0.4 is 0 Å². The summed E-state index contributed by atoms with van der Waals surface area (Å²) in [6, 6.07) is 0. The molecule has 15 heavy (non-hydrogen) atoms. The third kappa shape index (κ3) is 6.14. The van der Waals surface area contributed by atoms with E-state index in [1.165, 1.54) is 0 Å². The van der Waals surface area contributed by atoms with Gasteiger partial charge in [-0.3, -0.25) is 9.05 Å². The molecule has 92 valence electrons. The molecule has 0 aliphatic heterocycles. The second-order valence-electron chi connectivity index (χ2n) is 2.93. The molecule has 0 aliphatic carbocycles. The van der Waals surface area contributed by atoms with Crippen molar-refractivity contribution in [3.05, 3.63) is 0 Å². The highest BCUT2D eigenvalue weighted by molar-refractivity contribution is 7.47. The van der Waals surface area contributed by atoms with Crippen molar-refractivity contribution in [2.75, 3.05) is 7.11 Å². The van der Waals surface area contributed by atoms with Crippen molar-refractivity contribution in [2.45, 2.75) is 38.5 Å². The fraction of sp³-hybridized carbons (Fsp3) is 1.00. The number of halogens is 3. The molecule has 0 aromatic heterocycles. The van der Waals surface area contributed by atoms with E-state index in [1.54, 1.807) is 6.92 Å². The molecule has 0 heterocycles. The van der Waals surface area contributed by atoms with Gasteiger partial charge < -0.3 is 4.89 Å². The van der Waals surface area contributed by atoms with Crippen LogP contribution in [0.4, 0.5) is 13.2 Å². The van der Waals surface area contributed by atoms with Crippen molar-refractivity contribution in [1.29, 1.82) is 0 Å². The molecule has 0 fully saturated rings. The number of unbranched alkanes of at least 4 members (excludes halogenated alkanes) is 1. The van der Waals surface area contributed by atoms with Crippen LogP contribution in [0.3, 0.4) is 0 Å². The van der Waals surface area contributed by atoms with Crippen LogP contribution in [-0.2, 0) is 13.6 Å². The van der Waals surface area contributed by atoms with Crippen molar-refractivity contribution in [2.24, 2.45) is 0 Å². The molecule has 2 unspecified atom stereocenters. The highest BCUT2D eigenvalue weighted by atomic mass is 31.2. The Labute approximate surface area is 86.0 Å². The molecule has 0 aromatic rings. The van der Waals surface area contributed by atoms with Crippen molar-refractivity contribution >= 4 is 7.82 Å². The van der Waals surface area contributed by atoms with E-state index in [2.05, 4.69) is 9.05 Å². The average molecular weight is 250 g/mol. The maximum Gasteiger partial charge on any atom is 0.472 e. The zero-order chi connectivity index (χ0) is 12.1. The average Bonchev–Trinajstić information content (AvgIpc) is 2.10. The fourth-order valence-electron chi connectivity index (χ4n) is 0.869. The maximum atomic E-state index is 12.3. The van der Waals surface area contributed by atoms with E-state index >= 15 is 0 Å². The van der Waals surface area contributed by atoms with Gasteiger partial charge in [0, 0.05) is 7.11 Å². The topological polar surface area (TPSA) is 55.8 Å². The van der Waals surface area contributed by atoms with E-state index in [9.17, 15) is 17.7 Å². The van der Waals surface area contributed by atoms with E-state index in [0.717, 1.165) is 7.11 Å². The number of hydrogen-bond acceptors (Lipinski definition) is 3. The Morgan fingerprint density at radius 3 is 2.33 bits per heavy atom. The highest BCUT2D eigenvalue weighted by Gasteiger charge is 2.44. The Morgan fingerprint density at radius 2 is 2.00 bits per heavy atom. The van der Waals surface area contributed by atoms with Crippen LogP contribution in [0.25, 0.3) is 0 Å². The molecule has 0 saturated carbocycles. The molecule has 0 rings (SSSR count). The van der Waals surface area contributed by atoms with Gasteiger partial charge >= 0.3 is 14.0 Å². The minimum atomic E-state index is -4.66. The SMILES string of the molecule is CCCCC(OP(=O)(O)OC)C(F)(F)F. The zero-order valence-corrected chi connectivity index (χ0v) is 9.35. The normalized spacial score (nSPS) is 18.5. The summed E-state index contributed by atoms with van der Waals surface area (Å²) < 4.78 is 55.7. The van der Waals surface area contributed by atoms with Crippen molar-refractivity contribution in [1.82, 2.24) is 0 Å². The third-order valence-corrected chi connectivity index (χ3v) is 2.66. The van der Waals surface area contributed by atoms with Gasteiger partial charge in [0.1, 0.15) is 0 Å². The van der Waals surface area contributed by atoms with Gasteiger partial charge in [-0.25, -0.2) is 4.57 Å². The van der Waals surface area contributed by atoms with E-state index in [0.29, 0.717) is 6.42 Å². The lowest BCUT2D eigenvalue weighted by Gasteiger charge is -2.21. The number of hydrogen-bond donors (Lipinski definition) is 1. The zero-order valence-electron chi connectivity index (χ0n) is 8.45. The summed E-state index contributed by atoms with van der Waals surface area (Å²) in [6.07, 6.45) is -6.47. The molecular weight excluding hydrogens is 236 g/mol. The highest BCUT2D eigenvalue weighted by Crippen LogP contribution is 2.47. The Hall–Kier alpha value is -0.100. The minimum Gasteiger partial charge on any atom is -0.302 e. The molecular formula is C7H14F3O4P. The Morgan fingerprint density at radius 1 is 1.47 bits per heavy atom. The van der Waals surface area contributed by atoms with Crippen LogP contribution in [-0.4, -0.2) is 24.3 Å². The predicted molar refractivity (Wildman–Crippen MR) is 47.3 cm³/mol. The first-order valence-corrected chi connectivity index (χ1v) is 5.86. The van der Waals surface area contributed by atoms with Crippen LogP contribution in [0.1, 0.15) is 26.2 Å². The quantitative estimate of drug-likeness (QED) is 0.736. The summed E-state index contributed by atoms with van der Waals surface area (Å²) in [5.74, 6) is 0. The Kier molecular flexibility index (Phi) is 5.80. The molecule has 2 atom stereocenters. The summed E-state index contributed by atoms with van der Waals surface area (Å²) >= 11 is 0. The van der Waals surface area contributed by atoms with E-state index in [1.807, 2.05) is 0 Å². The second-order valence-corrected chi connectivity index (χ2v) is 4.44. The van der Waals surface area contributed by atoms with E-state index in [-0.39, 0.29) is 12.8 Å². The number of phosphoric ester groups is 1. The van der Waals surface area contributed by atoms with Crippen LogP contribution >= 0.6 is 7.82 Å². The molecule has 0 spiro atoms. The minimum absolute atomic E-state index is 0.258. The smallest absolute Gasteiger partial charge is 0.302 e. The largest absolute Gasteiger partial charge is 0.472 e. The van der Waals surface area contributed by atoms with Crippen LogP contribution in [0, 0.1) is 0 Å². The lowest BCUT2D eigenvalue weighted by Crippen LogP contribution is -2.30. The Bertz CT molecular complexity index is 231. The molecule has 0 aliphatic rings. The van der Waals surface area contributed by atoms with Crippen molar-refractivity contribution in [3.63, 3.8) is 0 Å². The van der Waals surface area contributed by atoms with E-state index in [4.69, 9.17) is 4.89 Å². The van der Waals surface area contributed by atoms with Crippen LogP contribution in [0.15, 0.2) is 0 Å². The molecule has 0 bridgehead atoms. The molecule has 8 heteroatoms. The van der Waals surface area contributed by atoms with Crippen LogP contribution in [0.2, 0.25) is 0 Å². The molecule has 4 nitrogen and oxygen atoms in total. The van der Waals surface area contributed by atoms with Gasteiger partial charge in [-0.2, -0.15) is 13.2 Å². The molecule has 0 amide bonds. The van der Waals surface area contributed by atoms with Gasteiger partial charge in [0.25, 0.3) is 0 Å². The van der Waals surface area contributed by atoms with Gasteiger partial charge in [0.2, 0.25) is 0 Å². The summed E-state index contributed by atoms with van der Waals surface area (Å²) in [4.78, 5) is 8.77. The Balaban J connectivity index is 4.45. The summed E-state index contributed by atoms with van der Waals surface area (Å²) in [5, 5.41) is 0. The summed E-state index contributed by atoms with van der Waals surface area (Å²) in [6.45, 7) is 1.71. The number of alkyl halides is 3. The number of rotatable bonds is 6. The first kappa shape index (κ1) is 14.9.